The minimum absolute atomic E-state index is 0.435. The summed E-state index contributed by atoms with van der Waals surface area (Å²) < 4.78 is 39.9. The fourth-order valence-corrected chi connectivity index (χ4v) is 1.98. The van der Waals surface area contributed by atoms with E-state index < -0.39 is 42.7 Å². The van der Waals surface area contributed by atoms with Crippen LogP contribution in [0, 0.1) is 27.3 Å². The van der Waals surface area contributed by atoms with Crippen molar-refractivity contribution in [2.45, 2.75) is 4.90 Å². The number of hydrogen-bond acceptors (Lipinski definition) is 6. The fraction of sp³-hybridized carbons (Fsp3) is 0.125. The van der Waals surface area contributed by atoms with Crippen LogP contribution < -0.4 is 4.74 Å². The molecule has 0 aliphatic carbocycles. The second-order valence-corrected chi connectivity index (χ2v) is 5.43. The molecule has 0 heterocycles. The van der Waals surface area contributed by atoms with Gasteiger partial charge in [-0.2, -0.15) is 5.26 Å². The van der Waals surface area contributed by atoms with Gasteiger partial charge in [-0.05, 0) is 0 Å². The maximum Gasteiger partial charge on any atom is 0.312 e. The van der Waals surface area contributed by atoms with Gasteiger partial charge in [-0.25, -0.2) is 12.8 Å². The predicted octanol–water partition coefficient (Wildman–Crippen LogP) is 1.56. The Hall–Kier alpha value is -1.92. The van der Waals surface area contributed by atoms with Crippen LogP contribution in [-0.2, 0) is 9.05 Å². The smallest absolute Gasteiger partial charge is 0.312 e. The van der Waals surface area contributed by atoms with Gasteiger partial charge in [0.15, 0.2) is 6.61 Å². The van der Waals surface area contributed by atoms with E-state index in [4.69, 9.17) is 15.9 Å². The predicted molar refractivity (Wildman–Crippen MR) is 57.2 cm³/mol. The molecule has 0 aliphatic heterocycles. The van der Waals surface area contributed by atoms with Crippen LogP contribution >= 0.6 is 10.7 Å². The van der Waals surface area contributed by atoms with Crippen LogP contribution in [0.5, 0.6) is 5.75 Å². The summed E-state index contributed by atoms with van der Waals surface area (Å²) >= 11 is 0. The number of halogens is 2. The van der Waals surface area contributed by atoms with Crippen LogP contribution in [0.1, 0.15) is 0 Å². The van der Waals surface area contributed by atoms with E-state index in [9.17, 15) is 22.9 Å². The third-order valence-electron chi connectivity index (χ3n) is 1.77. The van der Waals surface area contributed by atoms with Gasteiger partial charge < -0.3 is 4.74 Å². The maximum atomic E-state index is 13.4. The lowest BCUT2D eigenvalue weighted by molar-refractivity contribution is -0.386. The van der Waals surface area contributed by atoms with Crippen molar-refractivity contribution < 1.29 is 22.5 Å². The molecule has 0 bridgehead atoms. The number of nitriles is 1. The Morgan fingerprint density at radius 1 is 1.56 bits per heavy atom. The minimum atomic E-state index is -4.45. The zero-order chi connectivity index (χ0) is 13.9. The van der Waals surface area contributed by atoms with Gasteiger partial charge in [0.25, 0.3) is 9.05 Å². The molecule has 0 atom stereocenters. The van der Waals surface area contributed by atoms with E-state index in [1.54, 1.807) is 0 Å². The highest BCUT2D eigenvalue weighted by molar-refractivity contribution is 8.13. The molecule has 0 aliphatic rings. The average molecular weight is 295 g/mol. The first-order valence-corrected chi connectivity index (χ1v) is 6.50. The van der Waals surface area contributed by atoms with Crippen molar-refractivity contribution in [3.05, 3.63) is 28.1 Å². The van der Waals surface area contributed by atoms with Crippen molar-refractivity contribution in [1.82, 2.24) is 0 Å². The largest absolute Gasteiger partial charge is 0.471 e. The highest BCUT2D eigenvalue weighted by Crippen LogP contribution is 2.33. The van der Waals surface area contributed by atoms with Crippen LogP contribution in [0.2, 0.25) is 0 Å². The van der Waals surface area contributed by atoms with Crippen molar-refractivity contribution in [3.8, 4) is 11.8 Å². The molecule has 10 heteroatoms. The lowest BCUT2D eigenvalue weighted by Gasteiger charge is -2.05. The molecule has 1 aromatic carbocycles. The summed E-state index contributed by atoms with van der Waals surface area (Å²) in [6, 6.07) is 2.46. The molecule has 0 saturated carbocycles. The summed E-state index contributed by atoms with van der Waals surface area (Å²) in [5.74, 6) is -1.85. The summed E-state index contributed by atoms with van der Waals surface area (Å²) in [5.41, 5.74) is -0.800. The number of nitro benzene ring substituents is 1. The average Bonchev–Trinajstić information content (AvgIpc) is 2.23. The molecular weight excluding hydrogens is 291 g/mol. The first kappa shape index (κ1) is 14.1. The zero-order valence-electron chi connectivity index (χ0n) is 8.46. The van der Waals surface area contributed by atoms with E-state index in [-0.39, 0.29) is 0 Å². The summed E-state index contributed by atoms with van der Waals surface area (Å²) in [5, 5.41) is 18.9. The SMILES string of the molecule is N#CCOc1cc(F)c(S(=O)(=O)Cl)cc1[N+](=O)[O-]. The van der Waals surface area contributed by atoms with Gasteiger partial charge in [0, 0.05) is 22.8 Å². The summed E-state index contributed by atoms with van der Waals surface area (Å²) in [6.45, 7) is -0.548. The molecule has 0 aromatic heterocycles. The minimum Gasteiger partial charge on any atom is -0.471 e. The molecule has 18 heavy (non-hydrogen) atoms. The Bertz CT molecular complexity index is 640. The van der Waals surface area contributed by atoms with E-state index in [0.29, 0.717) is 12.1 Å². The molecule has 0 radical (unpaired) electrons. The zero-order valence-corrected chi connectivity index (χ0v) is 10.0. The number of nitro groups is 1. The van der Waals surface area contributed by atoms with E-state index in [1.807, 2.05) is 0 Å². The number of hydrogen-bond donors (Lipinski definition) is 0. The van der Waals surface area contributed by atoms with Crippen LogP contribution in [0.25, 0.3) is 0 Å². The first-order chi connectivity index (χ1) is 8.27. The molecule has 0 N–H and O–H groups in total. The third-order valence-corrected chi connectivity index (χ3v) is 3.10. The van der Waals surface area contributed by atoms with Crippen LogP contribution in [0.3, 0.4) is 0 Å². The van der Waals surface area contributed by atoms with E-state index in [0.717, 1.165) is 0 Å². The van der Waals surface area contributed by atoms with Crippen LogP contribution in [-0.4, -0.2) is 19.9 Å². The van der Waals surface area contributed by atoms with E-state index in [1.165, 1.54) is 6.07 Å². The van der Waals surface area contributed by atoms with Gasteiger partial charge in [0.2, 0.25) is 5.75 Å². The number of nitrogens with zero attached hydrogens (tertiary/aromatic N) is 2. The van der Waals surface area contributed by atoms with Gasteiger partial charge in [-0.15, -0.1) is 0 Å². The Kier molecular flexibility index (Phi) is 4.05. The highest BCUT2D eigenvalue weighted by Gasteiger charge is 2.25. The molecule has 1 rings (SSSR count). The van der Waals surface area contributed by atoms with Gasteiger partial charge in [-0.3, -0.25) is 10.1 Å². The topological polar surface area (TPSA) is 110 Å². The van der Waals surface area contributed by atoms with Gasteiger partial charge >= 0.3 is 5.69 Å². The quantitative estimate of drug-likeness (QED) is 0.473. The summed E-state index contributed by atoms with van der Waals surface area (Å²) in [6.07, 6.45) is 0. The van der Waals surface area contributed by atoms with E-state index in [2.05, 4.69) is 4.74 Å². The Labute approximate surface area is 105 Å². The molecule has 0 spiro atoms. The van der Waals surface area contributed by atoms with Crippen molar-refractivity contribution in [2.24, 2.45) is 0 Å². The first-order valence-electron chi connectivity index (χ1n) is 4.19. The molecule has 0 fully saturated rings. The monoisotopic (exact) mass is 294 g/mol. The molecule has 7 nitrogen and oxygen atoms in total. The van der Waals surface area contributed by atoms with E-state index >= 15 is 0 Å². The number of rotatable bonds is 4. The maximum absolute atomic E-state index is 13.4. The lowest BCUT2D eigenvalue weighted by Crippen LogP contribution is -2.03. The van der Waals surface area contributed by atoms with Crippen LogP contribution in [0.15, 0.2) is 17.0 Å². The Morgan fingerprint density at radius 3 is 2.61 bits per heavy atom. The fourth-order valence-electron chi connectivity index (χ4n) is 1.08. The molecule has 96 valence electrons. The normalized spacial score (nSPS) is 10.7. The number of ether oxygens (including phenoxy) is 1. The Morgan fingerprint density at radius 2 is 2.17 bits per heavy atom. The van der Waals surface area contributed by atoms with Crippen molar-refractivity contribution >= 4 is 25.4 Å². The highest BCUT2D eigenvalue weighted by atomic mass is 35.7. The molecule has 0 amide bonds. The van der Waals surface area contributed by atoms with Gasteiger partial charge in [0.1, 0.15) is 16.8 Å². The van der Waals surface area contributed by atoms with Crippen molar-refractivity contribution in [3.63, 3.8) is 0 Å². The summed E-state index contributed by atoms with van der Waals surface area (Å²) in [4.78, 5) is 8.66. The second kappa shape index (κ2) is 5.16. The molecule has 1 aromatic rings. The second-order valence-electron chi connectivity index (χ2n) is 2.89. The molecule has 0 saturated heterocycles. The van der Waals surface area contributed by atoms with Crippen molar-refractivity contribution in [2.75, 3.05) is 6.61 Å². The molecular formula is C8H4ClFN2O5S. The van der Waals surface area contributed by atoms with Gasteiger partial charge in [0.05, 0.1) is 4.92 Å². The standard InChI is InChI=1S/C8H4ClFN2O5S/c9-18(15,16)8-4-6(12(13)14)7(3-5(8)10)17-2-1-11/h3-4H,2H2. The lowest BCUT2D eigenvalue weighted by atomic mass is 10.3. The van der Waals surface area contributed by atoms with Gasteiger partial charge in [-0.1, -0.05) is 0 Å². The third kappa shape index (κ3) is 3.06. The molecule has 0 unspecified atom stereocenters. The summed E-state index contributed by atoms with van der Waals surface area (Å²) in [7, 11) is 0.459. The van der Waals surface area contributed by atoms with Crippen LogP contribution in [0.4, 0.5) is 10.1 Å². The van der Waals surface area contributed by atoms with Crippen molar-refractivity contribution in [1.29, 1.82) is 5.26 Å². The number of benzene rings is 1. The Balaban J connectivity index is 3.45.